The van der Waals surface area contributed by atoms with Crippen molar-refractivity contribution in [1.29, 1.82) is 0 Å². The van der Waals surface area contributed by atoms with Crippen LogP contribution in [0, 0.1) is 6.92 Å². The molecule has 0 amide bonds. The van der Waals surface area contributed by atoms with Crippen LogP contribution < -0.4 is 0 Å². The van der Waals surface area contributed by atoms with Crippen molar-refractivity contribution in [3.05, 3.63) is 39.9 Å². The predicted octanol–water partition coefficient (Wildman–Crippen LogP) is 3.33. The third-order valence-electron chi connectivity index (χ3n) is 1.76. The van der Waals surface area contributed by atoms with Crippen molar-refractivity contribution in [1.82, 2.24) is 0 Å². The van der Waals surface area contributed by atoms with Gasteiger partial charge in [0.1, 0.15) is 0 Å². The van der Waals surface area contributed by atoms with Crippen LogP contribution in [0.1, 0.15) is 18.1 Å². The van der Waals surface area contributed by atoms with Gasteiger partial charge >= 0.3 is 5.97 Å². The molecule has 0 aliphatic rings. The SMILES string of the molecule is CCOC(=O)/C=C/c1cc(C)cc(Br)c1. The van der Waals surface area contributed by atoms with Crippen LogP contribution in [0.2, 0.25) is 0 Å². The Bertz CT molecular complexity index is 363. The van der Waals surface area contributed by atoms with Gasteiger partial charge < -0.3 is 4.74 Å². The van der Waals surface area contributed by atoms with Crippen LogP contribution in [0.4, 0.5) is 0 Å². The number of aryl methyl sites for hydroxylation is 1. The number of carbonyl (C=O) groups is 1. The summed E-state index contributed by atoms with van der Waals surface area (Å²) in [5.74, 6) is -0.310. The smallest absolute Gasteiger partial charge is 0.330 e. The summed E-state index contributed by atoms with van der Waals surface area (Å²) >= 11 is 3.40. The quantitative estimate of drug-likeness (QED) is 0.621. The number of carbonyl (C=O) groups excluding carboxylic acids is 1. The molecule has 0 unspecified atom stereocenters. The number of esters is 1. The zero-order chi connectivity index (χ0) is 11.3. The highest BCUT2D eigenvalue weighted by Crippen LogP contribution is 2.16. The zero-order valence-electron chi connectivity index (χ0n) is 8.79. The Hall–Kier alpha value is -1.09. The number of benzene rings is 1. The van der Waals surface area contributed by atoms with Crippen LogP contribution in [0.25, 0.3) is 6.08 Å². The molecule has 1 aromatic rings. The third-order valence-corrected chi connectivity index (χ3v) is 2.22. The van der Waals surface area contributed by atoms with Crippen molar-refractivity contribution in [2.75, 3.05) is 6.61 Å². The molecule has 0 fully saturated rings. The van der Waals surface area contributed by atoms with Gasteiger partial charge in [-0.15, -0.1) is 0 Å². The predicted molar refractivity (Wildman–Crippen MR) is 64.5 cm³/mol. The molecule has 2 nitrogen and oxygen atoms in total. The largest absolute Gasteiger partial charge is 0.463 e. The minimum absolute atomic E-state index is 0.310. The molecule has 0 heterocycles. The van der Waals surface area contributed by atoms with Gasteiger partial charge in [-0.2, -0.15) is 0 Å². The van der Waals surface area contributed by atoms with Crippen molar-refractivity contribution in [3.63, 3.8) is 0 Å². The van der Waals surface area contributed by atoms with Gasteiger partial charge in [0.15, 0.2) is 0 Å². The van der Waals surface area contributed by atoms with Crippen LogP contribution in [-0.4, -0.2) is 12.6 Å². The van der Waals surface area contributed by atoms with Gasteiger partial charge in [0, 0.05) is 10.5 Å². The van der Waals surface area contributed by atoms with E-state index in [1.54, 1.807) is 13.0 Å². The minimum atomic E-state index is -0.310. The molecule has 0 N–H and O–H groups in total. The van der Waals surface area contributed by atoms with E-state index in [1.807, 2.05) is 25.1 Å². The van der Waals surface area contributed by atoms with E-state index in [9.17, 15) is 4.79 Å². The zero-order valence-corrected chi connectivity index (χ0v) is 10.4. The van der Waals surface area contributed by atoms with Crippen molar-refractivity contribution >= 4 is 28.0 Å². The molecular formula is C12H13BrO2. The summed E-state index contributed by atoms with van der Waals surface area (Å²) in [6.07, 6.45) is 3.18. The standard InChI is InChI=1S/C12H13BrO2/c1-3-15-12(14)5-4-10-6-9(2)7-11(13)8-10/h4-8H,3H2,1-2H3/b5-4+. The lowest BCUT2D eigenvalue weighted by atomic mass is 10.1. The Kier molecular flexibility index (Phi) is 4.56. The molecule has 1 rings (SSSR count). The molecule has 15 heavy (non-hydrogen) atoms. The maximum atomic E-state index is 11.1. The molecule has 3 heteroatoms. The first kappa shape index (κ1) is 12.0. The van der Waals surface area contributed by atoms with E-state index in [2.05, 4.69) is 15.9 Å². The molecule has 1 aromatic carbocycles. The van der Waals surface area contributed by atoms with Gasteiger partial charge in [0.2, 0.25) is 0 Å². The highest BCUT2D eigenvalue weighted by molar-refractivity contribution is 9.10. The summed E-state index contributed by atoms with van der Waals surface area (Å²) in [7, 11) is 0. The molecule has 0 aromatic heterocycles. The number of hydrogen-bond donors (Lipinski definition) is 0. The monoisotopic (exact) mass is 268 g/mol. The fourth-order valence-electron chi connectivity index (χ4n) is 1.22. The Morgan fingerprint density at radius 3 is 2.80 bits per heavy atom. The molecule has 0 aliphatic heterocycles. The summed E-state index contributed by atoms with van der Waals surface area (Å²) in [5, 5.41) is 0. The molecular weight excluding hydrogens is 256 g/mol. The molecule has 80 valence electrons. The van der Waals surface area contributed by atoms with Crippen LogP contribution in [0.3, 0.4) is 0 Å². The second-order valence-corrected chi connectivity index (χ2v) is 4.06. The van der Waals surface area contributed by atoms with Crippen molar-refractivity contribution in [3.8, 4) is 0 Å². The Labute approximate surface area is 98.1 Å². The first-order valence-corrected chi connectivity index (χ1v) is 5.53. The van der Waals surface area contributed by atoms with Gasteiger partial charge in [-0.05, 0) is 43.2 Å². The first-order chi connectivity index (χ1) is 7.11. The second-order valence-electron chi connectivity index (χ2n) is 3.15. The van der Waals surface area contributed by atoms with Gasteiger partial charge in [-0.1, -0.05) is 22.0 Å². The minimum Gasteiger partial charge on any atom is -0.463 e. The Morgan fingerprint density at radius 1 is 1.47 bits per heavy atom. The number of rotatable bonds is 3. The van der Waals surface area contributed by atoms with Crippen LogP contribution in [0.5, 0.6) is 0 Å². The van der Waals surface area contributed by atoms with Crippen molar-refractivity contribution in [2.24, 2.45) is 0 Å². The summed E-state index contributed by atoms with van der Waals surface area (Å²) < 4.78 is 5.79. The number of halogens is 1. The van der Waals surface area contributed by atoms with E-state index in [-0.39, 0.29) is 5.97 Å². The normalized spacial score (nSPS) is 10.6. The highest BCUT2D eigenvalue weighted by Gasteiger charge is 1.96. The molecule has 0 saturated heterocycles. The van der Waals surface area contributed by atoms with Crippen molar-refractivity contribution in [2.45, 2.75) is 13.8 Å². The molecule has 0 saturated carbocycles. The van der Waals surface area contributed by atoms with Gasteiger partial charge in [-0.3, -0.25) is 0 Å². The summed E-state index contributed by atoms with van der Waals surface area (Å²) in [4.78, 5) is 11.1. The molecule has 0 radical (unpaired) electrons. The summed E-state index contributed by atoms with van der Waals surface area (Å²) in [6.45, 7) is 4.20. The van der Waals surface area contributed by atoms with E-state index in [0.29, 0.717) is 6.61 Å². The van der Waals surface area contributed by atoms with E-state index in [4.69, 9.17) is 4.74 Å². The number of ether oxygens (including phenoxy) is 1. The molecule has 0 bridgehead atoms. The van der Waals surface area contributed by atoms with Crippen LogP contribution in [0.15, 0.2) is 28.7 Å². The Morgan fingerprint density at radius 2 is 2.20 bits per heavy atom. The highest BCUT2D eigenvalue weighted by atomic mass is 79.9. The number of hydrogen-bond acceptors (Lipinski definition) is 2. The first-order valence-electron chi connectivity index (χ1n) is 4.74. The topological polar surface area (TPSA) is 26.3 Å². The van der Waals surface area contributed by atoms with Gasteiger partial charge in [-0.25, -0.2) is 4.79 Å². The fraction of sp³-hybridized carbons (Fsp3) is 0.250. The third kappa shape index (κ3) is 4.30. The van der Waals surface area contributed by atoms with Gasteiger partial charge in [0.25, 0.3) is 0 Å². The van der Waals surface area contributed by atoms with E-state index < -0.39 is 0 Å². The average Bonchev–Trinajstić information content (AvgIpc) is 2.14. The summed E-state index contributed by atoms with van der Waals surface area (Å²) in [5.41, 5.74) is 2.13. The second kappa shape index (κ2) is 5.71. The lowest BCUT2D eigenvalue weighted by molar-refractivity contribution is -0.137. The average molecular weight is 269 g/mol. The molecule has 0 aliphatic carbocycles. The summed E-state index contributed by atoms with van der Waals surface area (Å²) in [6, 6.07) is 5.96. The maximum absolute atomic E-state index is 11.1. The lowest BCUT2D eigenvalue weighted by Crippen LogP contribution is -1.98. The van der Waals surface area contributed by atoms with Crippen LogP contribution >= 0.6 is 15.9 Å². The van der Waals surface area contributed by atoms with E-state index in [0.717, 1.165) is 15.6 Å². The fourth-order valence-corrected chi connectivity index (χ4v) is 1.84. The Balaban J connectivity index is 2.76. The maximum Gasteiger partial charge on any atom is 0.330 e. The van der Waals surface area contributed by atoms with E-state index >= 15 is 0 Å². The van der Waals surface area contributed by atoms with Crippen molar-refractivity contribution < 1.29 is 9.53 Å². The van der Waals surface area contributed by atoms with E-state index in [1.165, 1.54) is 6.08 Å². The van der Waals surface area contributed by atoms with Gasteiger partial charge in [0.05, 0.1) is 6.61 Å². The lowest BCUT2D eigenvalue weighted by Gasteiger charge is -1.99. The molecule has 0 atom stereocenters. The molecule has 0 spiro atoms. The van der Waals surface area contributed by atoms with Crippen LogP contribution in [-0.2, 0) is 9.53 Å².